The normalized spacial score (nSPS) is 10.7. The number of anilines is 1. The molecular weight excluding hydrogens is 399 g/mol. The van der Waals surface area contributed by atoms with Gasteiger partial charge in [-0.3, -0.25) is 25.3 Å². The molecule has 0 fully saturated rings. The second-order valence-corrected chi connectivity index (χ2v) is 5.34. The molecule has 2 rings (SSSR count). The lowest BCUT2D eigenvalue weighted by molar-refractivity contribution is -0.384. The summed E-state index contributed by atoms with van der Waals surface area (Å²) >= 11 is 0. The van der Waals surface area contributed by atoms with E-state index in [0.29, 0.717) is 12.1 Å². The number of hydrogen-bond acceptors (Lipinski definition) is 7. The van der Waals surface area contributed by atoms with E-state index in [1.165, 1.54) is 18.6 Å². The third kappa shape index (κ3) is 6.30. The number of rotatable bonds is 6. The van der Waals surface area contributed by atoms with Gasteiger partial charge in [0.15, 0.2) is 0 Å². The molecule has 0 saturated carbocycles. The number of alkyl halides is 3. The van der Waals surface area contributed by atoms with Gasteiger partial charge in [-0.05, 0) is 12.1 Å². The molecule has 0 aliphatic heterocycles. The van der Waals surface area contributed by atoms with Crippen molar-refractivity contribution in [2.24, 2.45) is 0 Å². The van der Waals surface area contributed by atoms with E-state index in [9.17, 15) is 32.9 Å². The zero-order valence-electron chi connectivity index (χ0n) is 14.5. The summed E-state index contributed by atoms with van der Waals surface area (Å²) in [5.74, 6) is -0.702. The zero-order valence-corrected chi connectivity index (χ0v) is 14.5. The number of nitrogens with zero attached hydrogens (tertiary/aromatic N) is 3. The Bertz CT molecular complexity index is 893. The average Bonchev–Trinajstić information content (AvgIpc) is 2.69. The smallest absolute Gasteiger partial charge is 0.378 e. The van der Waals surface area contributed by atoms with Gasteiger partial charge in [-0.25, -0.2) is 15.2 Å². The number of nitro groups is 1. The summed E-state index contributed by atoms with van der Waals surface area (Å²) in [5, 5.41) is 15.9. The Morgan fingerprint density at radius 2 is 1.90 bits per heavy atom. The van der Waals surface area contributed by atoms with Crippen LogP contribution < -0.4 is 21.5 Å². The van der Waals surface area contributed by atoms with Crippen molar-refractivity contribution >= 4 is 23.3 Å². The molecule has 0 radical (unpaired) electrons. The first kappa shape index (κ1) is 21.3. The highest BCUT2D eigenvalue weighted by Gasteiger charge is 2.32. The molecule has 11 nitrogen and oxygen atoms in total. The Kier molecular flexibility index (Phi) is 6.84. The monoisotopic (exact) mass is 413 g/mol. The number of hydrazine groups is 1. The van der Waals surface area contributed by atoms with Gasteiger partial charge >= 0.3 is 12.2 Å². The maximum atomic E-state index is 12.7. The third-order valence-electron chi connectivity index (χ3n) is 3.33. The van der Waals surface area contributed by atoms with E-state index in [1.54, 1.807) is 0 Å². The van der Waals surface area contributed by atoms with Crippen molar-refractivity contribution in [2.75, 3.05) is 18.4 Å². The number of nitro benzene ring substituents is 1. The SMILES string of the molecule is O=C(NCCNc1ccc(C(F)(F)F)cc1[N+](=O)[O-])NNC(=O)c1cnccn1. The van der Waals surface area contributed by atoms with Gasteiger partial charge in [-0.15, -0.1) is 0 Å². The molecule has 0 bridgehead atoms. The van der Waals surface area contributed by atoms with Crippen molar-refractivity contribution in [2.45, 2.75) is 6.18 Å². The van der Waals surface area contributed by atoms with Crippen molar-refractivity contribution in [1.82, 2.24) is 26.1 Å². The summed E-state index contributed by atoms with van der Waals surface area (Å²) in [5.41, 5.74) is 2.08. The van der Waals surface area contributed by atoms with Gasteiger partial charge in [0.1, 0.15) is 11.4 Å². The number of nitrogens with one attached hydrogen (secondary N) is 4. The maximum Gasteiger partial charge on any atom is 0.416 e. The molecule has 14 heteroatoms. The van der Waals surface area contributed by atoms with Crippen LogP contribution in [0.2, 0.25) is 0 Å². The lowest BCUT2D eigenvalue weighted by atomic mass is 10.1. The first-order valence-corrected chi connectivity index (χ1v) is 7.88. The number of aromatic nitrogens is 2. The fourth-order valence-electron chi connectivity index (χ4n) is 2.02. The largest absolute Gasteiger partial charge is 0.416 e. The molecule has 29 heavy (non-hydrogen) atoms. The Morgan fingerprint density at radius 3 is 2.52 bits per heavy atom. The molecule has 154 valence electrons. The minimum absolute atomic E-state index is 0.0240. The molecule has 1 aromatic carbocycles. The standard InChI is InChI=1S/C15H14F3N7O4/c16-15(17,18)9-1-2-10(12(7-9)25(28)29)20-5-6-22-14(27)24-23-13(26)11-8-19-3-4-21-11/h1-4,7-8,20H,5-6H2,(H,23,26)(H2,22,24,27). The fourth-order valence-corrected chi connectivity index (χ4v) is 2.02. The van der Waals surface area contributed by atoms with E-state index in [-0.39, 0.29) is 24.5 Å². The lowest BCUT2D eigenvalue weighted by Crippen LogP contribution is -2.48. The highest BCUT2D eigenvalue weighted by Crippen LogP contribution is 2.34. The fraction of sp³-hybridized carbons (Fsp3) is 0.200. The molecule has 0 aliphatic carbocycles. The summed E-state index contributed by atoms with van der Waals surface area (Å²) < 4.78 is 38.0. The molecule has 1 heterocycles. The molecule has 1 aromatic heterocycles. The maximum absolute atomic E-state index is 12.7. The number of halogens is 3. The first-order chi connectivity index (χ1) is 13.7. The Morgan fingerprint density at radius 1 is 1.14 bits per heavy atom. The van der Waals surface area contributed by atoms with Crippen LogP contribution in [-0.2, 0) is 6.18 Å². The van der Waals surface area contributed by atoms with E-state index in [1.807, 2.05) is 0 Å². The van der Waals surface area contributed by atoms with Crippen molar-refractivity contribution in [3.05, 3.63) is 58.2 Å². The van der Waals surface area contributed by atoms with Crippen LogP contribution in [0.15, 0.2) is 36.8 Å². The highest BCUT2D eigenvalue weighted by atomic mass is 19.4. The molecule has 4 N–H and O–H groups in total. The van der Waals surface area contributed by atoms with Crippen LogP contribution in [-0.4, -0.2) is 39.9 Å². The van der Waals surface area contributed by atoms with Gasteiger partial charge in [-0.2, -0.15) is 13.2 Å². The molecule has 0 unspecified atom stereocenters. The van der Waals surface area contributed by atoms with E-state index in [2.05, 4.69) is 31.5 Å². The predicted octanol–water partition coefficient (Wildman–Crippen LogP) is 1.46. The quantitative estimate of drug-likeness (QED) is 0.318. The van der Waals surface area contributed by atoms with Gasteiger partial charge in [0.2, 0.25) is 0 Å². The summed E-state index contributed by atoms with van der Waals surface area (Å²) in [6, 6.07) is 1.27. The van der Waals surface area contributed by atoms with Gasteiger partial charge in [-0.1, -0.05) is 0 Å². The Labute approximate surface area is 160 Å². The zero-order chi connectivity index (χ0) is 21.4. The molecule has 2 aromatic rings. The number of amides is 3. The van der Waals surface area contributed by atoms with Crippen LogP contribution in [0.4, 0.5) is 29.3 Å². The van der Waals surface area contributed by atoms with Crippen molar-refractivity contribution < 1.29 is 27.7 Å². The van der Waals surface area contributed by atoms with E-state index < -0.39 is 34.3 Å². The van der Waals surface area contributed by atoms with Crippen LogP contribution in [0.25, 0.3) is 0 Å². The topological polar surface area (TPSA) is 151 Å². The van der Waals surface area contributed by atoms with Gasteiger partial charge in [0, 0.05) is 31.5 Å². The summed E-state index contributed by atoms with van der Waals surface area (Å²) in [6.07, 6.45) is -0.861. The average molecular weight is 413 g/mol. The van der Waals surface area contributed by atoms with E-state index >= 15 is 0 Å². The molecule has 3 amide bonds. The lowest BCUT2D eigenvalue weighted by Gasteiger charge is -2.11. The minimum Gasteiger partial charge on any atom is -0.378 e. The molecular formula is C15H14F3N7O4. The van der Waals surface area contributed by atoms with Crippen LogP contribution in [0.1, 0.15) is 16.1 Å². The molecule has 0 saturated heterocycles. The highest BCUT2D eigenvalue weighted by molar-refractivity contribution is 5.93. The number of urea groups is 1. The van der Waals surface area contributed by atoms with Crippen LogP contribution >= 0.6 is 0 Å². The first-order valence-electron chi connectivity index (χ1n) is 7.88. The van der Waals surface area contributed by atoms with Crippen molar-refractivity contribution in [1.29, 1.82) is 0 Å². The Hall–Kier alpha value is -3.97. The molecule has 0 atom stereocenters. The Balaban J connectivity index is 1.80. The summed E-state index contributed by atoms with van der Waals surface area (Å²) in [7, 11) is 0. The second kappa shape index (κ2) is 9.29. The predicted molar refractivity (Wildman–Crippen MR) is 92.6 cm³/mol. The van der Waals surface area contributed by atoms with Gasteiger partial charge in [0.05, 0.1) is 16.7 Å². The van der Waals surface area contributed by atoms with Gasteiger partial charge < -0.3 is 10.6 Å². The third-order valence-corrected chi connectivity index (χ3v) is 3.33. The van der Waals surface area contributed by atoms with Crippen molar-refractivity contribution in [3.63, 3.8) is 0 Å². The number of hydrogen-bond donors (Lipinski definition) is 4. The summed E-state index contributed by atoms with van der Waals surface area (Å²) in [4.78, 5) is 40.7. The molecule has 0 aliphatic rings. The van der Waals surface area contributed by atoms with Crippen LogP contribution in [0, 0.1) is 10.1 Å². The van der Waals surface area contributed by atoms with Crippen molar-refractivity contribution in [3.8, 4) is 0 Å². The number of carbonyl (C=O) groups excluding carboxylic acids is 2. The number of carbonyl (C=O) groups is 2. The van der Waals surface area contributed by atoms with E-state index in [4.69, 9.17) is 0 Å². The molecule has 0 spiro atoms. The summed E-state index contributed by atoms with van der Waals surface area (Å²) in [6.45, 7) is -0.0806. The number of benzene rings is 1. The van der Waals surface area contributed by atoms with Crippen LogP contribution in [0.3, 0.4) is 0 Å². The van der Waals surface area contributed by atoms with Crippen LogP contribution in [0.5, 0.6) is 0 Å². The van der Waals surface area contributed by atoms with Gasteiger partial charge in [0.25, 0.3) is 11.6 Å². The minimum atomic E-state index is -4.71. The van der Waals surface area contributed by atoms with E-state index in [0.717, 1.165) is 6.07 Å². The second-order valence-electron chi connectivity index (χ2n) is 5.34.